The standard InChI is InChI=1S/C16H11NO3S/c18-16(19)10-6-14(20-7-10)13-8-21-15(17-13)12-5-9-3-1-2-4-11(9)12/h1-4,6-8,12H,5H2,(H,18,19). The average molecular weight is 297 g/mol. The summed E-state index contributed by atoms with van der Waals surface area (Å²) in [5.41, 5.74) is 3.56. The number of aromatic nitrogens is 1. The van der Waals surface area contributed by atoms with Crippen LogP contribution in [0.4, 0.5) is 0 Å². The highest BCUT2D eigenvalue weighted by Crippen LogP contribution is 2.41. The van der Waals surface area contributed by atoms with Crippen LogP contribution in [0.2, 0.25) is 0 Å². The van der Waals surface area contributed by atoms with E-state index in [1.165, 1.54) is 23.5 Å². The molecule has 1 atom stereocenters. The van der Waals surface area contributed by atoms with Gasteiger partial charge in [0, 0.05) is 17.4 Å². The molecule has 2 heterocycles. The molecule has 5 heteroatoms. The van der Waals surface area contributed by atoms with Gasteiger partial charge in [-0.05, 0) is 17.5 Å². The lowest BCUT2D eigenvalue weighted by Crippen LogP contribution is -2.17. The minimum absolute atomic E-state index is 0.147. The van der Waals surface area contributed by atoms with Gasteiger partial charge in [0.15, 0.2) is 5.76 Å². The number of furan rings is 1. The van der Waals surface area contributed by atoms with Crippen LogP contribution in [0, 0.1) is 0 Å². The summed E-state index contributed by atoms with van der Waals surface area (Å²) >= 11 is 1.59. The second-order valence-electron chi connectivity index (χ2n) is 5.03. The first kappa shape index (κ1) is 12.3. The summed E-state index contributed by atoms with van der Waals surface area (Å²) < 4.78 is 5.29. The highest BCUT2D eigenvalue weighted by atomic mass is 32.1. The van der Waals surface area contributed by atoms with E-state index in [2.05, 4.69) is 23.2 Å². The molecule has 0 bridgehead atoms. The van der Waals surface area contributed by atoms with Crippen molar-refractivity contribution < 1.29 is 14.3 Å². The Morgan fingerprint density at radius 1 is 1.38 bits per heavy atom. The first-order valence-corrected chi connectivity index (χ1v) is 7.46. The Hall–Kier alpha value is -2.40. The summed E-state index contributed by atoms with van der Waals surface area (Å²) in [6, 6.07) is 9.89. The lowest BCUT2D eigenvalue weighted by atomic mass is 9.78. The maximum absolute atomic E-state index is 10.9. The zero-order valence-electron chi connectivity index (χ0n) is 10.9. The van der Waals surface area contributed by atoms with Crippen LogP contribution in [-0.4, -0.2) is 16.1 Å². The Morgan fingerprint density at radius 3 is 3.00 bits per heavy atom. The van der Waals surface area contributed by atoms with Crippen molar-refractivity contribution in [2.24, 2.45) is 0 Å². The lowest BCUT2D eigenvalue weighted by molar-refractivity contribution is 0.0696. The highest BCUT2D eigenvalue weighted by Gasteiger charge is 2.29. The summed E-state index contributed by atoms with van der Waals surface area (Å²) in [5, 5.41) is 11.9. The molecule has 21 heavy (non-hydrogen) atoms. The van der Waals surface area contributed by atoms with Crippen LogP contribution in [0.5, 0.6) is 0 Å². The first-order valence-electron chi connectivity index (χ1n) is 6.58. The van der Waals surface area contributed by atoms with E-state index >= 15 is 0 Å². The molecule has 1 N–H and O–H groups in total. The van der Waals surface area contributed by atoms with Crippen molar-refractivity contribution >= 4 is 17.3 Å². The van der Waals surface area contributed by atoms with E-state index < -0.39 is 5.97 Å². The molecule has 0 aliphatic heterocycles. The van der Waals surface area contributed by atoms with Gasteiger partial charge in [-0.15, -0.1) is 11.3 Å². The monoisotopic (exact) mass is 297 g/mol. The molecular formula is C16H11NO3S. The van der Waals surface area contributed by atoms with E-state index in [1.54, 1.807) is 11.3 Å². The van der Waals surface area contributed by atoms with Crippen LogP contribution in [0.1, 0.15) is 32.4 Å². The quantitative estimate of drug-likeness (QED) is 0.799. The fourth-order valence-corrected chi connectivity index (χ4v) is 3.55. The van der Waals surface area contributed by atoms with Crippen molar-refractivity contribution in [1.29, 1.82) is 0 Å². The van der Waals surface area contributed by atoms with Gasteiger partial charge in [0.2, 0.25) is 0 Å². The SMILES string of the molecule is O=C(O)c1coc(-c2csc(C3Cc4ccccc43)n2)c1. The van der Waals surface area contributed by atoms with Crippen LogP contribution in [0.25, 0.3) is 11.5 Å². The van der Waals surface area contributed by atoms with E-state index in [0.717, 1.165) is 11.4 Å². The van der Waals surface area contributed by atoms with Gasteiger partial charge >= 0.3 is 5.97 Å². The molecule has 4 rings (SSSR count). The molecule has 0 saturated carbocycles. The van der Waals surface area contributed by atoms with Gasteiger partial charge in [-0.2, -0.15) is 0 Å². The largest absolute Gasteiger partial charge is 0.478 e. The van der Waals surface area contributed by atoms with Crippen molar-refractivity contribution in [3.05, 3.63) is 63.7 Å². The van der Waals surface area contributed by atoms with E-state index in [1.807, 2.05) is 11.4 Å². The first-order chi connectivity index (χ1) is 10.2. The van der Waals surface area contributed by atoms with Gasteiger partial charge in [-0.3, -0.25) is 0 Å². The zero-order valence-corrected chi connectivity index (χ0v) is 11.8. The number of nitrogens with zero attached hydrogens (tertiary/aromatic N) is 1. The van der Waals surface area contributed by atoms with Crippen molar-refractivity contribution in [3.63, 3.8) is 0 Å². The number of rotatable bonds is 3. The van der Waals surface area contributed by atoms with Gasteiger partial charge in [0.25, 0.3) is 0 Å². The molecule has 0 saturated heterocycles. The highest BCUT2D eigenvalue weighted by molar-refractivity contribution is 7.10. The zero-order chi connectivity index (χ0) is 14.4. The molecule has 4 nitrogen and oxygen atoms in total. The third kappa shape index (κ3) is 1.97. The second-order valence-corrected chi connectivity index (χ2v) is 5.92. The Morgan fingerprint density at radius 2 is 2.24 bits per heavy atom. The van der Waals surface area contributed by atoms with Gasteiger partial charge in [0.1, 0.15) is 17.0 Å². The number of carbonyl (C=O) groups is 1. The maximum atomic E-state index is 10.9. The summed E-state index contributed by atoms with van der Waals surface area (Å²) in [6.45, 7) is 0. The number of aromatic carboxylic acids is 1. The number of thiazole rings is 1. The fourth-order valence-electron chi connectivity index (χ4n) is 2.62. The summed E-state index contributed by atoms with van der Waals surface area (Å²) in [4.78, 5) is 15.5. The third-order valence-corrected chi connectivity index (χ3v) is 4.73. The third-order valence-electron chi connectivity index (χ3n) is 3.77. The van der Waals surface area contributed by atoms with E-state index in [9.17, 15) is 4.79 Å². The van der Waals surface area contributed by atoms with Gasteiger partial charge in [0.05, 0.1) is 5.56 Å². The van der Waals surface area contributed by atoms with Crippen molar-refractivity contribution in [2.45, 2.75) is 12.3 Å². The minimum Gasteiger partial charge on any atom is -0.478 e. The molecule has 0 spiro atoms. The maximum Gasteiger partial charge on any atom is 0.338 e. The van der Waals surface area contributed by atoms with Gasteiger partial charge in [-0.25, -0.2) is 9.78 Å². The molecule has 1 aliphatic rings. The molecule has 0 amide bonds. The minimum atomic E-state index is -0.992. The van der Waals surface area contributed by atoms with Crippen LogP contribution in [-0.2, 0) is 6.42 Å². The summed E-state index contributed by atoms with van der Waals surface area (Å²) in [7, 11) is 0. The molecule has 0 fully saturated rings. The van der Waals surface area contributed by atoms with Gasteiger partial charge < -0.3 is 9.52 Å². The number of benzene rings is 1. The number of carboxylic acids is 1. The van der Waals surface area contributed by atoms with Crippen LogP contribution < -0.4 is 0 Å². The molecule has 1 unspecified atom stereocenters. The normalized spacial score (nSPS) is 16.3. The Bertz CT molecular complexity index is 833. The predicted molar refractivity (Wildman–Crippen MR) is 78.8 cm³/mol. The Kier molecular flexibility index (Phi) is 2.68. The Balaban J connectivity index is 1.63. The van der Waals surface area contributed by atoms with E-state index in [-0.39, 0.29) is 5.56 Å². The molecule has 104 valence electrons. The van der Waals surface area contributed by atoms with E-state index in [0.29, 0.717) is 17.4 Å². The number of hydrogen-bond donors (Lipinski definition) is 1. The molecule has 3 aromatic rings. The average Bonchev–Trinajstić information content (AvgIpc) is 3.08. The van der Waals surface area contributed by atoms with Crippen molar-refractivity contribution in [1.82, 2.24) is 4.98 Å². The lowest BCUT2D eigenvalue weighted by Gasteiger charge is -2.28. The van der Waals surface area contributed by atoms with Crippen LogP contribution >= 0.6 is 11.3 Å². The second kappa shape index (κ2) is 4.56. The summed E-state index contributed by atoms with van der Waals surface area (Å²) in [6.07, 6.45) is 2.26. The van der Waals surface area contributed by atoms with Crippen LogP contribution in [0.3, 0.4) is 0 Å². The predicted octanol–water partition coefficient (Wildman–Crippen LogP) is 3.79. The number of carboxylic acid groups (broad SMARTS) is 1. The van der Waals surface area contributed by atoms with Crippen molar-refractivity contribution in [3.8, 4) is 11.5 Å². The smallest absolute Gasteiger partial charge is 0.338 e. The molecule has 0 radical (unpaired) electrons. The number of hydrogen-bond acceptors (Lipinski definition) is 4. The van der Waals surface area contributed by atoms with Crippen LogP contribution in [0.15, 0.2) is 46.4 Å². The van der Waals surface area contributed by atoms with Gasteiger partial charge in [-0.1, -0.05) is 24.3 Å². The molecule has 2 aromatic heterocycles. The fraction of sp³-hybridized carbons (Fsp3) is 0.125. The molecule has 1 aromatic carbocycles. The Labute approximate surface area is 124 Å². The topological polar surface area (TPSA) is 63.3 Å². The van der Waals surface area contributed by atoms with Crippen molar-refractivity contribution in [2.75, 3.05) is 0 Å². The summed E-state index contributed by atoms with van der Waals surface area (Å²) in [5.74, 6) is -0.135. The molecular weight excluding hydrogens is 286 g/mol. The molecule has 1 aliphatic carbocycles. The number of fused-ring (bicyclic) bond motifs is 1. The van der Waals surface area contributed by atoms with E-state index in [4.69, 9.17) is 9.52 Å².